The number of hydrogen-bond donors (Lipinski definition) is 1. The largest absolute Gasteiger partial charge is 0.480 e. The van der Waals surface area contributed by atoms with E-state index in [9.17, 15) is 4.79 Å². The molecule has 0 aliphatic carbocycles. The van der Waals surface area contributed by atoms with Crippen LogP contribution in [0.3, 0.4) is 0 Å². The predicted molar refractivity (Wildman–Crippen MR) is 131 cm³/mol. The van der Waals surface area contributed by atoms with Crippen LogP contribution >= 0.6 is 0 Å². The molecule has 10 nitrogen and oxygen atoms in total. The molecule has 0 fully saturated rings. The molecule has 4 aromatic rings. The third-order valence-electron chi connectivity index (χ3n) is 4.80. The Labute approximate surface area is 203 Å². The number of esters is 1. The first-order chi connectivity index (χ1) is 16.7. The third kappa shape index (κ3) is 6.23. The summed E-state index contributed by atoms with van der Waals surface area (Å²) >= 11 is 0. The van der Waals surface area contributed by atoms with Gasteiger partial charge < -0.3 is 14.8 Å². The molecular weight excluding hydrogens is 446 g/mol. The van der Waals surface area contributed by atoms with Crippen molar-refractivity contribution in [1.82, 2.24) is 30.1 Å². The lowest BCUT2D eigenvalue weighted by atomic mass is 10.1. The standard InChI is InChI=1S/C25H27N7O3/c1-15-10-26-23(27-11-15)17-8-19-22(20(9-17)34-13-21(33)35-25(3,4)5)29-14-30-24(19)28-12-18-7-6-16(2)31-32-18/h6-11,14H,12-13H2,1-5H3,(H,28,29,30). The Balaban J connectivity index is 1.70. The smallest absolute Gasteiger partial charge is 0.344 e. The van der Waals surface area contributed by atoms with E-state index in [1.807, 2.05) is 32.0 Å². The van der Waals surface area contributed by atoms with Gasteiger partial charge in [-0.1, -0.05) is 0 Å². The SMILES string of the molecule is Cc1cnc(-c2cc(OCC(=O)OC(C)(C)C)c3ncnc(NCc4ccc(C)nn4)c3c2)nc1. The molecule has 10 heteroatoms. The molecule has 0 amide bonds. The van der Waals surface area contributed by atoms with Gasteiger partial charge in [-0.15, -0.1) is 0 Å². The van der Waals surface area contributed by atoms with E-state index in [4.69, 9.17) is 9.47 Å². The number of aromatic nitrogens is 6. The van der Waals surface area contributed by atoms with E-state index in [-0.39, 0.29) is 6.61 Å². The highest BCUT2D eigenvalue weighted by Gasteiger charge is 2.19. The van der Waals surface area contributed by atoms with Crippen molar-refractivity contribution < 1.29 is 14.3 Å². The summed E-state index contributed by atoms with van der Waals surface area (Å²) in [5.41, 5.74) is 3.18. The molecule has 180 valence electrons. The summed E-state index contributed by atoms with van der Waals surface area (Å²) in [5, 5.41) is 12.3. The number of nitrogens with one attached hydrogen (secondary N) is 1. The summed E-state index contributed by atoms with van der Waals surface area (Å²) in [4.78, 5) is 30.0. The number of carbonyl (C=O) groups is 1. The van der Waals surface area contributed by atoms with E-state index < -0.39 is 11.6 Å². The molecule has 0 bridgehead atoms. The molecule has 0 saturated heterocycles. The second kappa shape index (κ2) is 9.96. The van der Waals surface area contributed by atoms with Gasteiger partial charge in [-0.3, -0.25) is 0 Å². The van der Waals surface area contributed by atoms with Gasteiger partial charge in [0.15, 0.2) is 12.4 Å². The molecule has 0 radical (unpaired) electrons. The van der Waals surface area contributed by atoms with Crippen LogP contribution in [0.1, 0.15) is 37.7 Å². The van der Waals surface area contributed by atoms with Gasteiger partial charge in [0.2, 0.25) is 0 Å². The molecule has 0 atom stereocenters. The molecule has 3 heterocycles. The monoisotopic (exact) mass is 473 g/mol. The van der Waals surface area contributed by atoms with Crippen molar-refractivity contribution >= 4 is 22.7 Å². The van der Waals surface area contributed by atoms with Gasteiger partial charge >= 0.3 is 5.97 Å². The first-order valence-electron chi connectivity index (χ1n) is 11.1. The third-order valence-corrected chi connectivity index (χ3v) is 4.80. The first-order valence-corrected chi connectivity index (χ1v) is 11.1. The maximum absolute atomic E-state index is 12.3. The highest BCUT2D eigenvalue weighted by Crippen LogP contribution is 2.33. The minimum Gasteiger partial charge on any atom is -0.480 e. The van der Waals surface area contributed by atoms with Crippen molar-refractivity contribution in [3.05, 3.63) is 59.9 Å². The minimum atomic E-state index is -0.613. The summed E-state index contributed by atoms with van der Waals surface area (Å²) in [6.45, 7) is 9.37. The summed E-state index contributed by atoms with van der Waals surface area (Å²) in [6.07, 6.45) is 4.92. The van der Waals surface area contributed by atoms with Crippen LogP contribution in [0.4, 0.5) is 5.82 Å². The summed E-state index contributed by atoms with van der Waals surface area (Å²) in [7, 11) is 0. The van der Waals surface area contributed by atoms with Gasteiger partial charge in [0, 0.05) is 23.3 Å². The van der Waals surface area contributed by atoms with Crippen LogP contribution in [0.15, 0.2) is 43.0 Å². The summed E-state index contributed by atoms with van der Waals surface area (Å²) < 4.78 is 11.2. The van der Waals surface area contributed by atoms with Gasteiger partial charge in [-0.25, -0.2) is 24.7 Å². The first kappa shape index (κ1) is 23.9. The van der Waals surface area contributed by atoms with Crippen LogP contribution < -0.4 is 10.1 Å². The topological polar surface area (TPSA) is 125 Å². The van der Waals surface area contributed by atoms with Gasteiger partial charge in [-0.2, -0.15) is 10.2 Å². The zero-order chi connectivity index (χ0) is 25.0. The van der Waals surface area contributed by atoms with E-state index in [2.05, 4.69) is 35.5 Å². The zero-order valence-electron chi connectivity index (χ0n) is 20.4. The van der Waals surface area contributed by atoms with Crippen LogP contribution in [-0.2, 0) is 16.1 Å². The van der Waals surface area contributed by atoms with E-state index in [0.29, 0.717) is 40.4 Å². The maximum Gasteiger partial charge on any atom is 0.344 e. The number of aryl methyl sites for hydroxylation is 2. The Kier molecular flexibility index (Phi) is 6.81. The Bertz CT molecular complexity index is 1330. The second-order valence-corrected chi connectivity index (χ2v) is 9.07. The van der Waals surface area contributed by atoms with Gasteiger partial charge in [0.25, 0.3) is 0 Å². The molecule has 35 heavy (non-hydrogen) atoms. The van der Waals surface area contributed by atoms with E-state index >= 15 is 0 Å². The van der Waals surface area contributed by atoms with Crippen molar-refractivity contribution in [3.8, 4) is 17.1 Å². The predicted octanol–water partition coefficient (Wildman–Crippen LogP) is 3.83. The fraction of sp³-hybridized carbons (Fsp3) is 0.320. The van der Waals surface area contributed by atoms with Gasteiger partial charge in [0.1, 0.15) is 29.0 Å². The molecule has 0 aliphatic heterocycles. The number of anilines is 1. The lowest BCUT2D eigenvalue weighted by molar-refractivity contribution is -0.157. The molecule has 0 aliphatic rings. The number of fused-ring (bicyclic) bond motifs is 1. The Morgan fingerprint density at radius 1 is 1.00 bits per heavy atom. The molecule has 0 saturated carbocycles. The van der Waals surface area contributed by atoms with E-state index in [1.165, 1.54) is 6.33 Å². The molecule has 1 N–H and O–H groups in total. The molecule has 0 spiro atoms. The number of nitrogens with zero attached hydrogens (tertiary/aromatic N) is 6. The van der Waals surface area contributed by atoms with Crippen molar-refractivity contribution in [3.63, 3.8) is 0 Å². The second-order valence-electron chi connectivity index (χ2n) is 9.07. The average molecular weight is 474 g/mol. The van der Waals surface area contributed by atoms with Crippen LogP contribution in [0.5, 0.6) is 5.75 Å². The highest BCUT2D eigenvalue weighted by atomic mass is 16.6. The Morgan fingerprint density at radius 2 is 1.77 bits per heavy atom. The van der Waals surface area contributed by atoms with Gasteiger partial charge in [0.05, 0.1) is 17.9 Å². The molecule has 4 rings (SSSR count). The van der Waals surface area contributed by atoms with Crippen LogP contribution in [0.25, 0.3) is 22.3 Å². The molecule has 1 aromatic carbocycles. The molecular formula is C25H27N7O3. The zero-order valence-corrected chi connectivity index (χ0v) is 20.4. The molecule has 0 unspecified atom stereocenters. The van der Waals surface area contributed by atoms with Crippen LogP contribution in [-0.4, -0.2) is 48.3 Å². The fourth-order valence-corrected chi connectivity index (χ4v) is 3.26. The number of benzene rings is 1. The van der Waals surface area contributed by atoms with E-state index in [0.717, 1.165) is 17.0 Å². The van der Waals surface area contributed by atoms with Crippen molar-refractivity contribution in [2.24, 2.45) is 0 Å². The summed E-state index contributed by atoms with van der Waals surface area (Å²) in [6, 6.07) is 7.46. The number of ether oxygens (including phenoxy) is 2. The Hall–Kier alpha value is -4.21. The number of hydrogen-bond acceptors (Lipinski definition) is 10. The summed E-state index contributed by atoms with van der Waals surface area (Å²) in [5.74, 6) is 1.01. The van der Waals surface area contributed by atoms with Crippen molar-refractivity contribution in [1.29, 1.82) is 0 Å². The van der Waals surface area contributed by atoms with Crippen molar-refractivity contribution in [2.45, 2.75) is 46.8 Å². The minimum absolute atomic E-state index is 0.268. The van der Waals surface area contributed by atoms with Crippen LogP contribution in [0, 0.1) is 13.8 Å². The van der Waals surface area contributed by atoms with E-state index in [1.54, 1.807) is 39.2 Å². The normalized spacial score (nSPS) is 11.3. The van der Waals surface area contributed by atoms with Crippen molar-refractivity contribution in [2.75, 3.05) is 11.9 Å². The Morgan fingerprint density at radius 3 is 2.46 bits per heavy atom. The average Bonchev–Trinajstić information content (AvgIpc) is 2.81. The lowest BCUT2D eigenvalue weighted by Gasteiger charge is -2.20. The lowest BCUT2D eigenvalue weighted by Crippen LogP contribution is -2.27. The fourth-order valence-electron chi connectivity index (χ4n) is 3.26. The number of carbonyl (C=O) groups excluding carboxylic acids is 1. The molecule has 3 aromatic heterocycles. The number of rotatable bonds is 7. The highest BCUT2D eigenvalue weighted by molar-refractivity contribution is 5.96. The quantitative estimate of drug-likeness (QED) is 0.396. The van der Waals surface area contributed by atoms with Gasteiger partial charge in [-0.05, 0) is 64.4 Å². The maximum atomic E-state index is 12.3. The van der Waals surface area contributed by atoms with Crippen LogP contribution in [0.2, 0.25) is 0 Å².